The molecule has 1 aromatic heterocycles. The average Bonchev–Trinajstić information content (AvgIpc) is 2.37. The molecule has 0 fully saturated rings. The summed E-state index contributed by atoms with van der Waals surface area (Å²) in [6.07, 6.45) is 1.90. The Labute approximate surface area is 112 Å². The minimum absolute atomic E-state index is 0.0603. The van der Waals surface area contributed by atoms with Gasteiger partial charge in [-0.3, -0.25) is 4.79 Å². The van der Waals surface area contributed by atoms with Crippen molar-refractivity contribution in [1.82, 2.24) is 4.98 Å². The topological polar surface area (TPSA) is 68.0 Å². The molecule has 1 amide bonds. The van der Waals surface area contributed by atoms with E-state index >= 15 is 0 Å². The Morgan fingerprint density at radius 2 is 2.00 bits per heavy atom. The summed E-state index contributed by atoms with van der Waals surface area (Å²) in [5.41, 5.74) is 9.57. The minimum atomic E-state index is -0.0603. The van der Waals surface area contributed by atoms with Crippen molar-refractivity contribution in [3.63, 3.8) is 0 Å². The Morgan fingerprint density at radius 3 is 2.63 bits per heavy atom. The van der Waals surface area contributed by atoms with Crippen LogP contribution >= 0.6 is 0 Å². The number of nitrogens with one attached hydrogen (secondary N) is 1. The molecule has 1 heterocycles. The summed E-state index contributed by atoms with van der Waals surface area (Å²) in [5.74, 6) is 0.377. The van der Waals surface area contributed by atoms with Crippen LogP contribution in [0.2, 0.25) is 0 Å². The number of nitrogens with zero attached hydrogens (tertiary/aromatic N) is 1. The zero-order valence-electron chi connectivity index (χ0n) is 11.1. The Hall–Kier alpha value is -2.36. The van der Waals surface area contributed by atoms with Gasteiger partial charge in [-0.1, -0.05) is 18.2 Å². The zero-order valence-corrected chi connectivity index (χ0v) is 11.1. The average molecular weight is 255 g/mol. The molecule has 0 bridgehead atoms. The monoisotopic (exact) mass is 255 g/mol. The molecule has 0 unspecified atom stereocenters. The molecule has 2 aromatic rings. The number of anilines is 2. The van der Waals surface area contributed by atoms with Crippen molar-refractivity contribution in [2.24, 2.45) is 0 Å². The highest BCUT2D eigenvalue weighted by molar-refractivity contribution is 5.92. The van der Waals surface area contributed by atoms with E-state index in [0.717, 1.165) is 5.56 Å². The van der Waals surface area contributed by atoms with Crippen molar-refractivity contribution in [3.05, 3.63) is 53.2 Å². The van der Waals surface area contributed by atoms with E-state index in [0.29, 0.717) is 17.9 Å². The van der Waals surface area contributed by atoms with Crippen molar-refractivity contribution in [2.45, 2.75) is 20.3 Å². The predicted molar refractivity (Wildman–Crippen MR) is 76.9 cm³/mol. The molecule has 4 nitrogen and oxygen atoms in total. The molecule has 98 valence electrons. The van der Waals surface area contributed by atoms with Gasteiger partial charge < -0.3 is 11.1 Å². The molecule has 3 N–H and O–H groups in total. The molecule has 0 saturated heterocycles. The molecule has 0 atom stereocenters. The highest BCUT2D eigenvalue weighted by Crippen LogP contribution is 2.12. The van der Waals surface area contributed by atoms with Crippen molar-refractivity contribution >= 4 is 17.4 Å². The molecule has 0 aliphatic rings. The van der Waals surface area contributed by atoms with Gasteiger partial charge in [-0.2, -0.15) is 0 Å². The lowest BCUT2D eigenvalue weighted by Gasteiger charge is -2.07. The molecule has 0 aliphatic heterocycles. The second-order valence-corrected chi connectivity index (χ2v) is 4.62. The normalized spacial score (nSPS) is 10.2. The maximum Gasteiger partial charge on any atom is 0.228 e. The van der Waals surface area contributed by atoms with E-state index in [4.69, 9.17) is 5.73 Å². The van der Waals surface area contributed by atoms with Gasteiger partial charge in [0.25, 0.3) is 0 Å². The van der Waals surface area contributed by atoms with E-state index in [2.05, 4.69) is 17.2 Å². The number of pyridine rings is 1. The summed E-state index contributed by atoms with van der Waals surface area (Å²) in [6.45, 7) is 4.10. The second kappa shape index (κ2) is 5.52. The minimum Gasteiger partial charge on any atom is -0.384 e. The van der Waals surface area contributed by atoms with Gasteiger partial charge >= 0.3 is 0 Å². The number of carbonyl (C=O) groups excluding carboxylic acids is 1. The lowest BCUT2D eigenvalue weighted by atomic mass is 10.0. The van der Waals surface area contributed by atoms with Crippen molar-refractivity contribution < 1.29 is 4.79 Å². The largest absolute Gasteiger partial charge is 0.384 e. The van der Waals surface area contributed by atoms with E-state index in [1.165, 1.54) is 11.1 Å². The predicted octanol–water partition coefficient (Wildman–Crippen LogP) is 2.46. The number of benzene rings is 1. The highest BCUT2D eigenvalue weighted by atomic mass is 16.1. The van der Waals surface area contributed by atoms with Crippen LogP contribution in [0.3, 0.4) is 0 Å². The fourth-order valence-corrected chi connectivity index (χ4v) is 1.78. The van der Waals surface area contributed by atoms with E-state index < -0.39 is 0 Å². The molecule has 2 rings (SSSR count). The molecule has 4 heteroatoms. The highest BCUT2D eigenvalue weighted by Gasteiger charge is 2.05. The van der Waals surface area contributed by atoms with Crippen LogP contribution in [0.4, 0.5) is 11.5 Å². The summed E-state index contributed by atoms with van der Waals surface area (Å²) in [5, 5.41) is 2.79. The number of hydrogen-bond acceptors (Lipinski definition) is 3. The number of nitrogens with two attached hydrogens (primary N) is 1. The molecular weight excluding hydrogens is 238 g/mol. The van der Waals surface area contributed by atoms with Crippen LogP contribution in [-0.4, -0.2) is 10.9 Å². The van der Waals surface area contributed by atoms with Crippen molar-refractivity contribution in [1.29, 1.82) is 0 Å². The van der Waals surface area contributed by atoms with E-state index in [1.54, 1.807) is 18.3 Å². The Kier molecular flexibility index (Phi) is 3.80. The Balaban J connectivity index is 2.01. The molecule has 19 heavy (non-hydrogen) atoms. The summed E-state index contributed by atoms with van der Waals surface area (Å²) >= 11 is 0. The van der Waals surface area contributed by atoms with E-state index in [9.17, 15) is 4.79 Å². The first-order valence-electron chi connectivity index (χ1n) is 6.12. The maximum atomic E-state index is 11.9. The van der Waals surface area contributed by atoms with Crippen LogP contribution < -0.4 is 11.1 Å². The van der Waals surface area contributed by atoms with Crippen LogP contribution in [0.1, 0.15) is 16.7 Å². The van der Waals surface area contributed by atoms with Gasteiger partial charge in [0.05, 0.1) is 18.3 Å². The molecule has 0 saturated carbocycles. The standard InChI is InChI=1S/C15H17N3O/c1-10-3-4-12(7-11(10)2)8-15(19)18-13-5-6-14(16)17-9-13/h3-7,9H,8H2,1-2H3,(H2,16,17)(H,18,19). The lowest BCUT2D eigenvalue weighted by Crippen LogP contribution is -2.14. The third kappa shape index (κ3) is 3.55. The SMILES string of the molecule is Cc1ccc(CC(=O)Nc2ccc(N)nc2)cc1C. The molecule has 0 spiro atoms. The molecule has 0 radical (unpaired) electrons. The third-order valence-electron chi connectivity index (χ3n) is 3.01. The van der Waals surface area contributed by atoms with Gasteiger partial charge in [0, 0.05) is 0 Å². The fraction of sp³-hybridized carbons (Fsp3) is 0.200. The molecular formula is C15H17N3O. The van der Waals surface area contributed by atoms with Gasteiger partial charge in [-0.05, 0) is 42.7 Å². The number of hydrogen-bond donors (Lipinski definition) is 2. The number of amides is 1. The Bertz CT molecular complexity index is 591. The number of rotatable bonds is 3. The quantitative estimate of drug-likeness (QED) is 0.885. The van der Waals surface area contributed by atoms with Crippen LogP contribution in [-0.2, 0) is 11.2 Å². The van der Waals surface area contributed by atoms with E-state index in [-0.39, 0.29) is 5.91 Å². The van der Waals surface area contributed by atoms with Crippen molar-refractivity contribution in [3.8, 4) is 0 Å². The van der Waals surface area contributed by atoms with Crippen molar-refractivity contribution in [2.75, 3.05) is 11.1 Å². The van der Waals surface area contributed by atoms with Gasteiger partial charge in [-0.15, -0.1) is 0 Å². The Morgan fingerprint density at radius 1 is 1.21 bits per heavy atom. The van der Waals surface area contributed by atoms with Crippen LogP contribution in [0.5, 0.6) is 0 Å². The molecule has 1 aromatic carbocycles. The van der Waals surface area contributed by atoms with Crippen LogP contribution in [0.25, 0.3) is 0 Å². The lowest BCUT2D eigenvalue weighted by molar-refractivity contribution is -0.115. The third-order valence-corrected chi connectivity index (χ3v) is 3.01. The first-order chi connectivity index (χ1) is 9.04. The maximum absolute atomic E-state index is 11.9. The van der Waals surface area contributed by atoms with Gasteiger partial charge in [-0.25, -0.2) is 4.98 Å². The van der Waals surface area contributed by atoms with Crippen LogP contribution in [0.15, 0.2) is 36.5 Å². The zero-order chi connectivity index (χ0) is 13.8. The van der Waals surface area contributed by atoms with Gasteiger partial charge in [0.15, 0.2) is 0 Å². The van der Waals surface area contributed by atoms with Gasteiger partial charge in [0.1, 0.15) is 5.82 Å². The summed E-state index contributed by atoms with van der Waals surface area (Å²) in [4.78, 5) is 15.8. The first kappa shape index (κ1) is 13.1. The smallest absolute Gasteiger partial charge is 0.228 e. The first-order valence-corrected chi connectivity index (χ1v) is 6.12. The van der Waals surface area contributed by atoms with E-state index in [1.807, 2.05) is 25.1 Å². The summed E-state index contributed by atoms with van der Waals surface area (Å²) in [6, 6.07) is 9.44. The molecule has 0 aliphatic carbocycles. The number of aromatic nitrogens is 1. The number of carbonyl (C=O) groups is 1. The number of nitrogen functional groups attached to an aromatic ring is 1. The summed E-state index contributed by atoms with van der Waals surface area (Å²) in [7, 11) is 0. The second-order valence-electron chi connectivity index (χ2n) is 4.62. The van der Waals surface area contributed by atoms with Crippen LogP contribution in [0, 0.1) is 13.8 Å². The fourth-order valence-electron chi connectivity index (χ4n) is 1.78. The summed E-state index contributed by atoms with van der Waals surface area (Å²) < 4.78 is 0. The van der Waals surface area contributed by atoms with Gasteiger partial charge in [0.2, 0.25) is 5.91 Å². The number of aryl methyl sites for hydroxylation is 2.